The summed E-state index contributed by atoms with van der Waals surface area (Å²) in [5.41, 5.74) is 5.81. The number of hydrogen-bond acceptors (Lipinski definition) is 4. The predicted molar refractivity (Wildman–Crippen MR) is 138 cm³/mol. The molecule has 0 bridgehead atoms. The van der Waals surface area contributed by atoms with Gasteiger partial charge in [0.15, 0.2) is 0 Å². The molecule has 0 spiro atoms. The number of likely N-dealkylation sites (tertiary alicyclic amines) is 1. The maximum Gasteiger partial charge on any atom is 0.207 e. The first-order valence-corrected chi connectivity index (χ1v) is 12.0. The van der Waals surface area contributed by atoms with Crippen molar-refractivity contribution in [3.05, 3.63) is 108 Å². The van der Waals surface area contributed by atoms with Crippen LogP contribution in [0.3, 0.4) is 0 Å². The Balaban J connectivity index is 1.48. The van der Waals surface area contributed by atoms with Crippen LogP contribution in [-0.2, 0) is 6.54 Å². The van der Waals surface area contributed by atoms with Crippen LogP contribution >= 0.6 is 0 Å². The van der Waals surface area contributed by atoms with Crippen molar-refractivity contribution in [1.82, 2.24) is 10.2 Å². The van der Waals surface area contributed by atoms with Crippen molar-refractivity contribution >= 4 is 17.3 Å². The minimum atomic E-state index is 0.133. The zero-order chi connectivity index (χ0) is 22.5. The average molecular weight is 437 g/mol. The molecule has 168 valence electrons. The number of hydrogen-bond donors (Lipinski definition) is 1. The molecular weight excluding hydrogens is 404 g/mol. The predicted octanol–water partition coefficient (Wildman–Crippen LogP) is 6.41. The van der Waals surface area contributed by atoms with Gasteiger partial charge in [-0.25, -0.2) is 4.99 Å². The highest BCUT2D eigenvalue weighted by molar-refractivity contribution is 6.00. The third-order valence-electron chi connectivity index (χ3n) is 6.54. The molecule has 0 amide bonds. The maximum absolute atomic E-state index is 5.20. The molecular formula is C29H32N4. The summed E-state index contributed by atoms with van der Waals surface area (Å²) in [4.78, 5) is 10.1. The average Bonchev–Trinajstić information content (AvgIpc) is 2.89. The number of rotatable bonds is 6. The third kappa shape index (κ3) is 4.80. The monoisotopic (exact) mass is 436 g/mol. The Morgan fingerprint density at radius 3 is 2.27 bits per heavy atom. The van der Waals surface area contributed by atoms with Gasteiger partial charge in [-0.15, -0.1) is 0 Å². The first-order valence-electron chi connectivity index (χ1n) is 12.0. The standard InChI is InChI=1S/C29H32N4/c1-23(30-22-24-13-5-2-6-14-24)21-28-26-17-9-10-18-27(26)31-29(32-19-11-4-12-20-32)33(28)25-15-7-3-8-16-25/h2-3,5-10,13-18,28,30H,1,4,11-12,19-22H2. The van der Waals surface area contributed by atoms with E-state index in [1.54, 1.807) is 0 Å². The fraction of sp³-hybridized carbons (Fsp3) is 0.276. The molecule has 4 heteroatoms. The summed E-state index contributed by atoms with van der Waals surface area (Å²) in [5.74, 6) is 1.07. The van der Waals surface area contributed by atoms with E-state index in [-0.39, 0.29) is 6.04 Å². The number of guanidine groups is 1. The fourth-order valence-electron chi connectivity index (χ4n) is 4.84. The molecule has 2 aliphatic heterocycles. The van der Waals surface area contributed by atoms with Crippen LogP contribution in [-0.4, -0.2) is 23.9 Å². The van der Waals surface area contributed by atoms with Crippen LogP contribution in [0.1, 0.15) is 42.9 Å². The fourth-order valence-corrected chi connectivity index (χ4v) is 4.84. The van der Waals surface area contributed by atoms with Gasteiger partial charge in [-0.2, -0.15) is 0 Å². The van der Waals surface area contributed by atoms with Crippen LogP contribution < -0.4 is 10.2 Å². The summed E-state index contributed by atoms with van der Waals surface area (Å²) in [7, 11) is 0. The molecule has 0 aliphatic carbocycles. The van der Waals surface area contributed by atoms with E-state index in [0.717, 1.165) is 43.4 Å². The smallest absolute Gasteiger partial charge is 0.207 e. The molecule has 0 saturated carbocycles. The quantitative estimate of drug-likeness (QED) is 0.484. The zero-order valence-corrected chi connectivity index (χ0v) is 19.2. The summed E-state index contributed by atoms with van der Waals surface area (Å²) in [6, 6.07) is 29.9. The second-order valence-corrected chi connectivity index (χ2v) is 8.89. The lowest BCUT2D eigenvalue weighted by Crippen LogP contribution is -2.49. The van der Waals surface area contributed by atoms with Crippen molar-refractivity contribution < 1.29 is 0 Å². The second-order valence-electron chi connectivity index (χ2n) is 8.89. The minimum absolute atomic E-state index is 0.133. The molecule has 1 atom stereocenters. The summed E-state index contributed by atoms with van der Waals surface area (Å²) in [6.45, 7) is 7.31. The highest BCUT2D eigenvalue weighted by Gasteiger charge is 2.34. The topological polar surface area (TPSA) is 30.9 Å². The molecule has 1 saturated heterocycles. The number of fused-ring (bicyclic) bond motifs is 1. The van der Waals surface area contributed by atoms with Gasteiger partial charge in [-0.3, -0.25) is 0 Å². The largest absolute Gasteiger partial charge is 0.385 e. The van der Waals surface area contributed by atoms with Crippen LogP contribution in [0.15, 0.2) is 102 Å². The second kappa shape index (κ2) is 9.95. The normalized spacial score (nSPS) is 17.8. The Morgan fingerprint density at radius 1 is 0.848 bits per heavy atom. The molecule has 5 rings (SSSR count). The van der Waals surface area contributed by atoms with Gasteiger partial charge >= 0.3 is 0 Å². The van der Waals surface area contributed by atoms with Crippen LogP contribution in [0.25, 0.3) is 0 Å². The van der Waals surface area contributed by atoms with Crippen molar-refractivity contribution in [2.75, 3.05) is 18.0 Å². The van der Waals surface area contributed by atoms with E-state index < -0.39 is 0 Å². The number of nitrogens with zero attached hydrogens (tertiary/aromatic N) is 3. The van der Waals surface area contributed by atoms with E-state index in [9.17, 15) is 0 Å². The van der Waals surface area contributed by atoms with Gasteiger partial charge in [0.05, 0.1) is 11.7 Å². The molecule has 1 N–H and O–H groups in total. The molecule has 1 unspecified atom stereocenters. The molecule has 3 aromatic rings. The first kappa shape index (κ1) is 21.3. The lowest BCUT2D eigenvalue weighted by Gasteiger charge is -2.43. The molecule has 2 aliphatic rings. The third-order valence-corrected chi connectivity index (χ3v) is 6.54. The lowest BCUT2D eigenvalue weighted by atomic mass is 9.96. The van der Waals surface area contributed by atoms with Crippen LogP contribution in [0.4, 0.5) is 11.4 Å². The van der Waals surface area contributed by atoms with Crippen LogP contribution in [0.5, 0.6) is 0 Å². The van der Waals surface area contributed by atoms with E-state index in [1.807, 2.05) is 0 Å². The SMILES string of the molecule is C=C(CC1c2ccccc2N=C(N2CCCCC2)N1c1ccccc1)NCc1ccccc1. The number of benzene rings is 3. The molecule has 4 nitrogen and oxygen atoms in total. The van der Waals surface area contributed by atoms with Gasteiger partial charge in [-0.1, -0.05) is 73.3 Å². The van der Waals surface area contributed by atoms with Gasteiger partial charge in [0, 0.05) is 43.0 Å². The van der Waals surface area contributed by atoms with Crippen LogP contribution in [0, 0.1) is 0 Å². The number of piperidine rings is 1. The molecule has 2 heterocycles. The van der Waals surface area contributed by atoms with Gasteiger partial charge in [0.2, 0.25) is 5.96 Å². The Kier molecular flexibility index (Phi) is 6.43. The Hall–Kier alpha value is -3.53. The van der Waals surface area contributed by atoms with Gasteiger partial charge in [-0.05, 0) is 43.0 Å². The van der Waals surface area contributed by atoms with Crippen LogP contribution in [0.2, 0.25) is 0 Å². The van der Waals surface area contributed by atoms with E-state index >= 15 is 0 Å². The maximum atomic E-state index is 5.20. The number of aliphatic imine (C=N–C) groups is 1. The highest BCUT2D eigenvalue weighted by Crippen LogP contribution is 2.41. The summed E-state index contributed by atoms with van der Waals surface area (Å²) < 4.78 is 0. The molecule has 33 heavy (non-hydrogen) atoms. The summed E-state index contributed by atoms with van der Waals surface area (Å²) in [5, 5.41) is 3.57. The first-order chi connectivity index (χ1) is 16.3. The Bertz CT molecular complexity index is 1100. The van der Waals surface area contributed by atoms with E-state index in [1.165, 1.54) is 36.1 Å². The Labute approximate surface area is 197 Å². The minimum Gasteiger partial charge on any atom is -0.385 e. The van der Waals surface area contributed by atoms with Crippen molar-refractivity contribution in [2.45, 2.75) is 38.3 Å². The molecule has 0 aromatic heterocycles. The molecule has 3 aromatic carbocycles. The van der Waals surface area contributed by atoms with Crippen molar-refractivity contribution in [2.24, 2.45) is 4.99 Å². The lowest BCUT2D eigenvalue weighted by molar-refractivity contribution is 0.333. The van der Waals surface area contributed by atoms with E-state index in [4.69, 9.17) is 4.99 Å². The van der Waals surface area contributed by atoms with Gasteiger partial charge in [0.1, 0.15) is 0 Å². The number of para-hydroxylation sites is 2. The van der Waals surface area contributed by atoms with E-state index in [0.29, 0.717) is 0 Å². The van der Waals surface area contributed by atoms with Gasteiger partial charge in [0.25, 0.3) is 0 Å². The van der Waals surface area contributed by atoms with Crippen molar-refractivity contribution in [1.29, 1.82) is 0 Å². The number of anilines is 1. The van der Waals surface area contributed by atoms with Crippen molar-refractivity contribution in [3.8, 4) is 0 Å². The zero-order valence-electron chi connectivity index (χ0n) is 19.2. The number of nitrogens with one attached hydrogen (secondary N) is 1. The molecule has 1 fully saturated rings. The molecule has 0 radical (unpaired) electrons. The summed E-state index contributed by atoms with van der Waals surface area (Å²) >= 11 is 0. The van der Waals surface area contributed by atoms with E-state index in [2.05, 4.69) is 107 Å². The highest BCUT2D eigenvalue weighted by atomic mass is 15.4. The Morgan fingerprint density at radius 2 is 1.52 bits per heavy atom. The van der Waals surface area contributed by atoms with Gasteiger partial charge < -0.3 is 15.1 Å². The summed E-state index contributed by atoms with van der Waals surface area (Å²) in [6.07, 6.45) is 4.56. The van der Waals surface area contributed by atoms with Crippen molar-refractivity contribution in [3.63, 3.8) is 0 Å².